The van der Waals surface area contributed by atoms with Crippen LogP contribution in [-0.4, -0.2) is 18.2 Å². The van der Waals surface area contributed by atoms with Crippen LogP contribution in [0.2, 0.25) is 0 Å². The zero-order chi connectivity index (χ0) is 17.7. The van der Waals surface area contributed by atoms with Crippen molar-refractivity contribution in [3.63, 3.8) is 0 Å². The number of aliphatic imine (C=N–C) groups is 1. The quantitative estimate of drug-likeness (QED) is 0.569. The largest absolute Gasteiger partial charge is 0.573 e. The van der Waals surface area contributed by atoms with Gasteiger partial charge in [-0.05, 0) is 36.4 Å². The third kappa shape index (κ3) is 5.23. The van der Waals surface area contributed by atoms with E-state index in [9.17, 15) is 18.0 Å². The Bertz CT molecular complexity index is 738. The predicted molar refractivity (Wildman–Crippen MR) is 79.3 cm³/mol. The van der Waals surface area contributed by atoms with E-state index in [-0.39, 0.29) is 24.0 Å². The van der Waals surface area contributed by atoms with Crippen LogP contribution in [0.3, 0.4) is 0 Å². The number of amides is 1. The third-order valence-corrected chi connectivity index (χ3v) is 2.67. The van der Waals surface area contributed by atoms with Gasteiger partial charge in [-0.1, -0.05) is 0 Å². The summed E-state index contributed by atoms with van der Waals surface area (Å²) in [4.78, 5) is 14.9. The van der Waals surface area contributed by atoms with Crippen molar-refractivity contribution in [2.75, 3.05) is 5.32 Å². The van der Waals surface area contributed by atoms with E-state index >= 15 is 0 Å². The summed E-state index contributed by atoms with van der Waals surface area (Å²) in [7, 11) is 0. The molecule has 1 heterocycles. The zero-order valence-electron chi connectivity index (χ0n) is 12.1. The lowest BCUT2D eigenvalue weighted by Crippen LogP contribution is -2.22. The van der Waals surface area contributed by atoms with E-state index in [1.165, 1.54) is 24.3 Å². The van der Waals surface area contributed by atoms with E-state index in [0.717, 1.165) is 12.1 Å². The van der Waals surface area contributed by atoms with Crippen molar-refractivity contribution >= 4 is 17.6 Å². The summed E-state index contributed by atoms with van der Waals surface area (Å²) in [6.07, 6.45) is -4.75. The molecule has 0 saturated carbocycles. The highest BCUT2D eigenvalue weighted by Crippen LogP contribution is 2.23. The normalized spacial score (nSPS) is 12.0. The summed E-state index contributed by atoms with van der Waals surface area (Å²) >= 11 is 0. The molecule has 5 N–H and O–H groups in total. The van der Waals surface area contributed by atoms with Crippen molar-refractivity contribution in [3.8, 4) is 5.75 Å². The fraction of sp³-hybridized carbons (Fsp3) is 0.143. The molecule has 2 aromatic rings. The molecule has 1 amide bonds. The number of halogens is 3. The average Bonchev–Trinajstić information content (AvgIpc) is 2.95. The maximum Gasteiger partial charge on any atom is 0.573 e. The first-order chi connectivity index (χ1) is 11.2. The SMILES string of the molecule is NC(=O)c1ccc(CN=C(N)Nc2ccc(OC(F)(F)F)cc2)o1. The molecule has 0 fully saturated rings. The number of carbonyl (C=O) groups excluding carboxylic acids is 1. The molecular weight excluding hydrogens is 329 g/mol. The molecule has 0 radical (unpaired) electrons. The Hall–Kier alpha value is -3.17. The summed E-state index contributed by atoms with van der Waals surface area (Å²) in [5.41, 5.74) is 11.1. The molecule has 24 heavy (non-hydrogen) atoms. The van der Waals surface area contributed by atoms with Gasteiger partial charge in [0, 0.05) is 5.69 Å². The Morgan fingerprint density at radius 1 is 1.17 bits per heavy atom. The lowest BCUT2D eigenvalue weighted by atomic mass is 10.3. The van der Waals surface area contributed by atoms with Crippen LogP contribution in [0.4, 0.5) is 18.9 Å². The second-order valence-corrected chi connectivity index (χ2v) is 4.53. The fourth-order valence-electron chi connectivity index (χ4n) is 1.69. The van der Waals surface area contributed by atoms with Gasteiger partial charge in [0.15, 0.2) is 11.7 Å². The molecule has 0 bridgehead atoms. The minimum atomic E-state index is -4.75. The number of ether oxygens (including phenoxy) is 1. The Balaban J connectivity index is 1.93. The van der Waals surface area contributed by atoms with Crippen molar-refractivity contribution in [2.45, 2.75) is 12.9 Å². The first-order valence-electron chi connectivity index (χ1n) is 6.54. The number of guanidine groups is 1. The summed E-state index contributed by atoms with van der Waals surface area (Å²) < 4.78 is 45.0. The number of benzene rings is 1. The molecule has 128 valence electrons. The number of hydrogen-bond donors (Lipinski definition) is 3. The highest BCUT2D eigenvalue weighted by Gasteiger charge is 2.30. The van der Waals surface area contributed by atoms with Gasteiger partial charge in [0.05, 0.1) is 0 Å². The molecule has 0 atom stereocenters. The monoisotopic (exact) mass is 342 g/mol. The van der Waals surface area contributed by atoms with E-state index in [1.807, 2.05) is 0 Å². The summed E-state index contributed by atoms with van der Waals surface area (Å²) in [6, 6.07) is 7.91. The van der Waals surface area contributed by atoms with Gasteiger partial charge in [-0.25, -0.2) is 4.99 Å². The Morgan fingerprint density at radius 2 is 1.83 bits per heavy atom. The van der Waals surface area contributed by atoms with Crippen LogP contribution in [0.15, 0.2) is 45.8 Å². The molecular formula is C14H13F3N4O3. The zero-order valence-corrected chi connectivity index (χ0v) is 12.1. The predicted octanol–water partition coefficient (Wildman–Crippen LogP) is 2.20. The molecule has 0 aliphatic rings. The summed E-state index contributed by atoms with van der Waals surface area (Å²) in [5, 5.41) is 2.69. The molecule has 0 saturated heterocycles. The van der Waals surface area contributed by atoms with Crippen molar-refractivity contribution in [3.05, 3.63) is 47.9 Å². The standard InChI is InChI=1S/C14H13F3N4O3/c15-14(16,17)24-9-3-1-8(2-4-9)21-13(19)20-7-10-5-6-11(23-10)12(18)22/h1-6H,7H2,(H2,18,22)(H3,19,20,21). The van der Waals surface area contributed by atoms with Gasteiger partial charge in [0.1, 0.15) is 18.1 Å². The first-order valence-corrected chi connectivity index (χ1v) is 6.54. The lowest BCUT2D eigenvalue weighted by Gasteiger charge is -2.10. The van der Waals surface area contributed by atoms with Gasteiger partial charge < -0.3 is 25.9 Å². The van der Waals surface area contributed by atoms with Gasteiger partial charge >= 0.3 is 6.36 Å². The van der Waals surface area contributed by atoms with E-state index in [4.69, 9.17) is 15.9 Å². The van der Waals surface area contributed by atoms with Crippen LogP contribution in [0, 0.1) is 0 Å². The second kappa shape index (κ2) is 6.94. The second-order valence-electron chi connectivity index (χ2n) is 4.53. The summed E-state index contributed by atoms with van der Waals surface area (Å²) in [5.74, 6) is -0.651. The Labute approximate surface area is 134 Å². The van der Waals surface area contributed by atoms with Crippen LogP contribution >= 0.6 is 0 Å². The highest BCUT2D eigenvalue weighted by atomic mass is 19.4. The number of rotatable bonds is 5. The van der Waals surface area contributed by atoms with Crippen LogP contribution in [0.25, 0.3) is 0 Å². The van der Waals surface area contributed by atoms with Crippen molar-refractivity contribution < 1.29 is 27.1 Å². The van der Waals surface area contributed by atoms with E-state index < -0.39 is 12.3 Å². The Morgan fingerprint density at radius 3 is 2.38 bits per heavy atom. The molecule has 0 spiro atoms. The number of primary amides is 1. The van der Waals surface area contributed by atoms with Crippen molar-refractivity contribution in [1.82, 2.24) is 0 Å². The number of nitrogens with two attached hydrogens (primary N) is 2. The number of furan rings is 1. The molecule has 0 aliphatic carbocycles. The molecule has 10 heteroatoms. The van der Waals surface area contributed by atoms with E-state index in [0.29, 0.717) is 11.4 Å². The van der Waals surface area contributed by atoms with Crippen LogP contribution in [0.5, 0.6) is 5.75 Å². The number of hydrogen-bond acceptors (Lipinski definition) is 4. The van der Waals surface area contributed by atoms with Gasteiger partial charge in [-0.15, -0.1) is 13.2 Å². The van der Waals surface area contributed by atoms with E-state index in [1.54, 1.807) is 0 Å². The third-order valence-electron chi connectivity index (χ3n) is 2.67. The minimum absolute atomic E-state index is 0.00647. The lowest BCUT2D eigenvalue weighted by molar-refractivity contribution is -0.274. The smallest absolute Gasteiger partial charge is 0.454 e. The number of alkyl halides is 3. The van der Waals surface area contributed by atoms with Gasteiger partial charge in [-0.3, -0.25) is 4.79 Å². The highest BCUT2D eigenvalue weighted by molar-refractivity contribution is 5.92. The molecule has 1 aromatic carbocycles. The molecule has 0 aliphatic heterocycles. The number of nitrogens with zero attached hydrogens (tertiary/aromatic N) is 1. The molecule has 1 aromatic heterocycles. The van der Waals surface area contributed by atoms with Gasteiger partial charge in [-0.2, -0.15) is 0 Å². The molecule has 2 rings (SSSR count). The van der Waals surface area contributed by atoms with Gasteiger partial charge in [0.25, 0.3) is 5.91 Å². The van der Waals surface area contributed by atoms with Crippen molar-refractivity contribution in [1.29, 1.82) is 0 Å². The Kier molecular flexibility index (Phi) is 4.97. The van der Waals surface area contributed by atoms with Crippen LogP contribution < -0.4 is 21.5 Å². The maximum atomic E-state index is 12.1. The topological polar surface area (TPSA) is 116 Å². The number of anilines is 1. The van der Waals surface area contributed by atoms with Crippen LogP contribution in [-0.2, 0) is 6.54 Å². The fourth-order valence-corrected chi connectivity index (χ4v) is 1.69. The van der Waals surface area contributed by atoms with Gasteiger partial charge in [0.2, 0.25) is 0 Å². The number of carbonyl (C=O) groups is 1. The number of nitrogens with one attached hydrogen (secondary N) is 1. The van der Waals surface area contributed by atoms with E-state index in [2.05, 4.69) is 15.0 Å². The maximum absolute atomic E-state index is 12.1. The molecule has 7 nitrogen and oxygen atoms in total. The minimum Gasteiger partial charge on any atom is -0.454 e. The van der Waals surface area contributed by atoms with Crippen LogP contribution in [0.1, 0.15) is 16.3 Å². The van der Waals surface area contributed by atoms with Crippen molar-refractivity contribution in [2.24, 2.45) is 16.5 Å². The molecule has 0 unspecified atom stereocenters. The first kappa shape index (κ1) is 17.2. The summed E-state index contributed by atoms with van der Waals surface area (Å²) in [6.45, 7) is 0.0569. The average molecular weight is 342 g/mol.